The van der Waals surface area contributed by atoms with Gasteiger partial charge in [0.1, 0.15) is 17.1 Å². The fraction of sp³-hybridized carbons (Fsp3) is 0.619. The Balaban J connectivity index is 1.91. The van der Waals surface area contributed by atoms with Gasteiger partial charge in [0.25, 0.3) is 0 Å². The molecule has 0 radical (unpaired) electrons. The van der Waals surface area contributed by atoms with Gasteiger partial charge in [0.15, 0.2) is 0 Å². The first kappa shape index (κ1) is 18.5. The van der Waals surface area contributed by atoms with Gasteiger partial charge in [-0.1, -0.05) is 20.8 Å². The fourth-order valence-electron chi connectivity index (χ4n) is 3.59. The van der Waals surface area contributed by atoms with Crippen LogP contribution in [-0.4, -0.2) is 25.6 Å². The van der Waals surface area contributed by atoms with E-state index in [2.05, 4.69) is 46.0 Å². The van der Waals surface area contributed by atoms with Crippen molar-refractivity contribution in [2.45, 2.75) is 76.6 Å². The second-order valence-electron chi connectivity index (χ2n) is 9.01. The van der Waals surface area contributed by atoms with Gasteiger partial charge in [0.05, 0.1) is 0 Å². The molecule has 25 heavy (non-hydrogen) atoms. The average molecular weight is 361 g/mol. The molecule has 1 aliphatic heterocycles. The highest BCUT2D eigenvalue weighted by molar-refractivity contribution is 6.74. The van der Waals surface area contributed by atoms with E-state index in [0.717, 1.165) is 29.9 Å². The summed E-state index contributed by atoms with van der Waals surface area (Å²) in [6.45, 7) is 11.5. The molecule has 0 saturated heterocycles. The summed E-state index contributed by atoms with van der Waals surface area (Å²) in [7, 11) is -1.85. The number of hydrogen-bond acceptors (Lipinski definition) is 3. The second-order valence-corrected chi connectivity index (χ2v) is 13.7. The molecule has 1 atom stereocenters. The largest absolute Gasteiger partial charge is 0.543 e. The van der Waals surface area contributed by atoms with Gasteiger partial charge in [0, 0.05) is 18.6 Å². The Kier molecular flexibility index (Phi) is 4.80. The first-order valence-electron chi connectivity index (χ1n) is 9.51. The molecule has 1 heterocycles. The molecule has 3 nitrogen and oxygen atoms in total. The van der Waals surface area contributed by atoms with E-state index in [9.17, 15) is 5.11 Å². The number of fused-ring (bicyclic) bond motifs is 2. The Hall–Kier alpha value is -1.26. The number of benzene rings is 1. The van der Waals surface area contributed by atoms with Crippen LogP contribution < -0.4 is 9.16 Å². The van der Waals surface area contributed by atoms with Crippen LogP contribution in [0.25, 0.3) is 6.08 Å². The lowest BCUT2D eigenvalue weighted by Gasteiger charge is -2.43. The zero-order valence-electron chi connectivity index (χ0n) is 16.3. The van der Waals surface area contributed by atoms with Crippen LogP contribution in [-0.2, 0) is 0 Å². The maximum absolute atomic E-state index is 9.53. The monoisotopic (exact) mass is 360 g/mol. The maximum atomic E-state index is 9.53. The van der Waals surface area contributed by atoms with E-state index in [4.69, 9.17) is 9.16 Å². The predicted octanol–water partition coefficient (Wildman–Crippen LogP) is 5.54. The number of aliphatic hydroxyl groups is 1. The van der Waals surface area contributed by atoms with Crippen LogP contribution in [0.2, 0.25) is 18.1 Å². The van der Waals surface area contributed by atoms with Crippen molar-refractivity contribution in [2.24, 2.45) is 0 Å². The molecule has 1 saturated carbocycles. The van der Waals surface area contributed by atoms with Crippen LogP contribution in [0.5, 0.6) is 11.5 Å². The Morgan fingerprint density at radius 1 is 1.24 bits per heavy atom. The highest BCUT2D eigenvalue weighted by Gasteiger charge is 2.42. The van der Waals surface area contributed by atoms with Gasteiger partial charge < -0.3 is 14.3 Å². The maximum Gasteiger partial charge on any atom is 0.250 e. The summed E-state index contributed by atoms with van der Waals surface area (Å²) < 4.78 is 12.9. The van der Waals surface area contributed by atoms with Gasteiger partial charge in [-0.25, -0.2) is 0 Å². The Morgan fingerprint density at radius 2 is 2.00 bits per heavy atom. The van der Waals surface area contributed by atoms with Crippen molar-refractivity contribution in [1.82, 2.24) is 0 Å². The summed E-state index contributed by atoms with van der Waals surface area (Å²) >= 11 is 0. The van der Waals surface area contributed by atoms with E-state index in [1.807, 2.05) is 12.1 Å². The van der Waals surface area contributed by atoms with Crippen LogP contribution in [0, 0.1) is 0 Å². The zero-order chi connectivity index (χ0) is 18.3. The number of hydrogen-bond donors (Lipinski definition) is 1. The molecular formula is C21H32O3Si. The molecule has 2 aliphatic rings. The van der Waals surface area contributed by atoms with E-state index in [0.29, 0.717) is 6.42 Å². The third-order valence-electron chi connectivity index (χ3n) is 6.17. The zero-order valence-corrected chi connectivity index (χ0v) is 17.3. The molecule has 0 bridgehead atoms. The predicted molar refractivity (Wildman–Crippen MR) is 106 cm³/mol. The summed E-state index contributed by atoms with van der Waals surface area (Å²) in [5, 5.41) is 9.70. The van der Waals surface area contributed by atoms with Crippen molar-refractivity contribution in [1.29, 1.82) is 0 Å². The molecule has 0 unspecified atom stereocenters. The molecule has 0 spiro atoms. The van der Waals surface area contributed by atoms with Crippen LogP contribution in [0.4, 0.5) is 0 Å². The van der Waals surface area contributed by atoms with Gasteiger partial charge in [-0.3, -0.25) is 0 Å². The topological polar surface area (TPSA) is 38.7 Å². The summed E-state index contributed by atoms with van der Waals surface area (Å²) in [5.74, 6) is 1.86. The first-order chi connectivity index (χ1) is 11.7. The fourth-order valence-corrected chi connectivity index (χ4v) is 4.62. The Bertz CT molecular complexity index is 668. The van der Waals surface area contributed by atoms with Gasteiger partial charge in [-0.2, -0.15) is 0 Å². The van der Waals surface area contributed by atoms with Crippen LogP contribution >= 0.6 is 0 Å². The third kappa shape index (κ3) is 3.52. The van der Waals surface area contributed by atoms with Crippen LogP contribution in [0.1, 0.15) is 58.4 Å². The molecule has 0 aromatic heterocycles. The summed E-state index contributed by atoms with van der Waals surface area (Å²) in [4.78, 5) is 0. The highest BCUT2D eigenvalue weighted by Crippen LogP contribution is 2.46. The number of rotatable bonds is 4. The molecule has 0 amide bonds. The van der Waals surface area contributed by atoms with Gasteiger partial charge in [0.2, 0.25) is 8.32 Å². The number of aliphatic hydroxyl groups excluding tert-OH is 1. The summed E-state index contributed by atoms with van der Waals surface area (Å²) in [6.07, 6.45) is 7.40. The van der Waals surface area contributed by atoms with Crippen molar-refractivity contribution in [2.75, 3.05) is 6.61 Å². The van der Waals surface area contributed by atoms with Gasteiger partial charge >= 0.3 is 0 Å². The Labute approximate surface area is 153 Å². The second kappa shape index (κ2) is 6.47. The summed E-state index contributed by atoms with van der Waals surface area (Å²) in [5.41, 5.74) is 2.16. The minimum atomic E-state index is -1.85. The first-order valence-corrected chi connectivity index (χ1v) is 12.4. The van der Waals surface area contributed by atoms with Gasteiger partial charge in [-0.15, -0.1) is 0 Å². The third-order valence-corrected chi connectivity index (χ3v) is 10.5. The van der Waals surface area contributed by atoms with Crippen molar-refractivity contribution in [3.05, 3.63) is 29.3 Å². The average Bonchev–Trinajstić information content (AvgIpc) is 2.51. The minimum Gasteiger partial charge on any atom is -0.543 e. The molecule has 1 aromatic carbocycles. The lowest BCUT2D eigenvalue weighted by atomic mass is 9.76. The summed E-state index contributed by atoms with van der Waals surface area (Å²) in [6, 6.07) is 6.20. The molecule has 1 fully saturated rings. The lowest BCUT2D eigenvalue weighted by molar-refractivity contribution is 0.0490. The smallest absolute Gasteiger partial charge is 0.250 e. The van der Waals surface area contributed by atoms with E-state index < -0.39 is 8.32 Å². The molecule has 4 heteroatoms. The minimum absolute atomic E-state index is 0.166. The molecule has 1 aliphatic carbocycles. The van der Waals surface area contributed by atoms with E-state index in [1.54, 1.807) is 0 Å². The SMILES string of the molecule is CC(C)(C)[Si](C)(C)Oc1ccc2c(c1)C=C1CCCC[C@]1(CCO)O2. The van der Waals surface area contributed by atoms with Crippen molar-refractivity contribution in [3.8, 4) is 11.5 Å². The molecule has 1 N–H and O–H groups in total. The standard InChI is InChI=1S/C21H32O3Si/c1-20(2,3)25(4,5)24-18-9-10-19-16(15-18)14-17-8-6-7-11-21(17,23-19)12-13-22/h9-10,14-15,22H,6-8,11-13H2,1-5H3/t21-/m1/s1. The number of ether oxygens (including phenoxy) is 1. The van der Waals surface area contributed by atoms with E-state index in [-0.39, 0.29) is 17.2 Å². The lowest BCUT2D eigenvalue weighted by Crippen LogP contribution is -2.44. The molecule has 3 rings (SSSR count). The van der Waals surface area contributed by atoms with Gasteiger partial charge in [-0.05, 0) is 73.7 Å². The van der Waals surface area contributed by atoms with Crippen molar-refractivity contribution < 1.29 is 14.3 Å². The molecular weight excluding hydrogens is 328 g/mol. The Morgan fingerprint density at radius 3 is 2.68 bits per heavy atom. The normalized spacial score (nSPS) is 23.2. The van der Waals surface area contributed by atoms with Crippen LogP contribution in [0.15, 0.2) is 23.8 Å². The quantitative estimate of drug-likeness (QED) is 0.716. The highest BCUT2D eigenvalue weighted by atomic mass is 28.4. The molecule has 1 aromatic rings. The van der Waals surface area contributed by atoms with Crippen molar-refractivity contribution in [3.63, 3.8) is 0 Å². The molecule has 138 valence electrons. The van der Waals surface area contributed by atoms with E-state index in [1.165, 1.54) is 18.4 Å². The van der Waals surface area contributed by atoms with Crippen molar-refractivity contribution >= 4 is 14.4 Å². The van der Waals surface area contributed by atoms with Crippen LogP contribution in [0.3, 0.4) is 0 Å². The van der Waals surface area contributed by atoms with E-state index >= 15 is 0 Å².